The normalized spacial score (nSPS) is 10.6. The molecule has 0 saturated carbocycles. The quantitative estimate of drug-likeness (QED) is 0.611. The van der Waals surface area contributed by atoms with Gasteiger partial charge in [-0.3, -0.25) is 0 Å². The van der Waals surface area contributed by atoms with Crippen LogP contribution < -0.4 is 0 Å². The van der Waals surface area contributed by atoms with Crippen LogP contribution in [0.2, 0.25) is 5.02 Å². The molecule has 2 aromatic carbocycles. The summed E-state index contributed by atoms with van der Waals surface area (Å²) < 4.78 is 0. The lowest BCUT2D eigenvalue weighted by atomic mass is 10.2. The first-order valence-electron chi connectivity index (χ1n) is 6.03. The second-order valence-electron chi connectivity index (χ2n) is 4.28. The Morgan fingerprint density at radius 1 is 0.947 bits per heavy atom. The molecule has 0 bridgehead atoms. The van der Waals surface area contributed by atoms with Gasteiger partial charge in [-0.05, 0) is 18.6 Å². The van der Waals surface area contributed by atoms with Gasteiger partial charge in [0, 0.05) is 5.56 Å². The minimum Gasteiger partial charge on any atom is -0.241 e. The van der Waals surface area contributed by atoms with Gasteiger partial charge in [-0.25, -0.2) is 4.98 Å². The predicted octanol–water partition coefficient (Wildman–Crippen LogP) is 5.44. The van der Waals surface area contributed by atoms with Crippen LogP contribution in [0.5, 0.6) is 0 Å². The fraction of sp³-hybridized carbons (Fsp3) is 0.0625. The molecule has 0 N–H and O–H groups in total. The van der Waals surface area contributed by atoms with E-state index >= 15 is 0 Å². The highest BCUT2D eigenvalue weighted by molar-refractivity contribution is 7.18. The third-order valence-corrected chi connectivity index (χ3v) is 4.51. The Balaban J connectivity index is 2.10. The van der Waals surface area contributed by atoms with Crippen molar-refractivity contribution in [2.45, 2.75) is 6.92 Å². The van der Waals surface area contributed by atoms with Gasteiger partial charge in [-0.15, -0.1) is 11.3 Å². The Bertz CT molecular complexity index is 704. The summed E-state index contributed by atoms with van der Waals surface area (Å²) in [6.07, 6.45) is 0. The first-order chi connectivity index (χ1) is 9.25. The minimum atomic E-state index is 0.746. The van der Waals surface area contributed by atoms with Crippen molar-refractivity contribution in [2.24, 2.45) is 0 Å². The van der Waals surface area contributed by atoms with Crippen molar-refractivity contribution in [3.8, 4) is 21.0 Å². The number of thiazole rings is 1. The molecule has 0 saturated heterocycles. The van der Waals surface area contributed by atoms with E-state index in [9.17, 15) is 0 Å². The molecule has 1 heterocycles. The Kier molecular flexibility index (Phi) is 3.36. The number of aromatic nitrogens is 1. The summed E-state index contributed by atoms with van der Waals surface area (Å²) in [5.74, 6) is 0. The highest BCUT2D eigenvalue weighted by atomic mass is 35.5. The van der Waals surface area contributed by atoms with Crippen LogP contribution in [0.25, 0.3) is 21.0 Å². The number of nitrogens with zero attached hydrogens (tertiary/aromatic N) is 1. The maximum absolute atomic E-state index is 6.23. The summed E-state index contributed by atoms with van der Waals surface area (Å²) in [6, 6.07) is 18.2. The van der Waals surface area contributed by atoms with Gasteiger partial charge in [-0.2, -0.15) is 0 Å². The van der Waals surface area contributed by atoms with Gasteiger partial charge in [0.1, 0.15) is 5.01 Å². The van der Waals surface area contributed by atoms with Crippen molar-refractivity contribution in [3.05, 3.63) is 65.3 Å². The van der Waals surface area contributed by atoms with E-state index in [4.69, 9.17) is 11.6 Å². The van der Waals surface area contributed by atoms with Gasteiger partial charge in [0.25, 0.3) is 0 Å². The fourth-order valence-corrected chi connectivity index (χ4v) is 3.40. The second kappa shape index (κ2) is 5.16. The number of hydrogen-bond acceptors (Lipinski definition) is 2. The summed E-state index contributed by atoms with van der Waals surface area (Å²) >= 11 is 7.92. The van der Waals surface area contributed by atoms with Crippen LogP contribution in [0.1, 0.15) is 5.69 Å². The maximum Gasteiger partial charge on any atom is 0.125 e. The van der Waals surface area contributed by atoms with Crippen LogP contribution in [-0.2, 0) is 0 Å². The van der Waals surface area contributed by atoms with Crippen LogP contribution in [0.15, 0.2) is 54.6 Å². The molecule has 3 aromatic rings. The number of benzene rings is 2. The zero-order chi connectivity index (χ0) is 13.2. The van der Waals surface area contributed by atoms with E-state index in [2.05, 4.69) is 17.1 Å². The number of hydrogen-bond donors (Lipinski definition) is 0. The highest BCUT2D eigenvalue weighted by Crippen LogP contribution is 2.37. The molecule has 19 heavy (non-hydrogen) atoms. The lowest BCUT2D eigenvalue weighted by Crippen LogP contribution is -1.79. The summed E-state index contributed by atoms with van der Waals surface area (Å²) in [7, 11) is 0. The van der Waals surface area contributed by atoms with Crippen molar-refractivity contribution < 1.29 is 0 Å². The van der Waals surface area contributed by atoms with E-state index in [0.717, 1.165) is 21.3 Å². The molecule has 0 amide bonds. The lowest BCUT2D eigenvalue weighted by molar-refractivity contribution is 1.27. The molecule has 0 atom stereocenters. The topological polar surface area (TPSA) is 12.9 Å². The van der Waals surface area contributed by atoms with Crippen LogP contribution in [-0.4, -0.2) is 4.98 Å². The first-order valence-corrected chi connectivity index (χ1v) is 7.23. The largest absolute Gasteiger partial charge is 0.241 e. The maximum atomic E-state index is 6.23. The van der Waals surface area contributed by atoms with Gasteiger partial charge >= 0.3 is 0 Å². The van der Waals surface area contributed by atoms with Crippen LogP contribution >= 0.6 is 22.9 Å². The molecule has 0 fully saturated rings. The van der Waals surface area contributed by atoms with E-state index < -0.39 is 0 Å². The van der Waals surface area contributed by atoms with E-state index in [1.807, 2.05) is 49.4 Å². The van der Waals surface area contributed by atoms with E-state index in [-0.39, 0.29) is 0 Å². The van der Waals surface area contributed by atoms with E-state index in [1.165, 1.54) is 10.4 Å². The fourth-order valence-electron chi connectivity index (χ4n) is 2.00. The summed E-state index contributed by atoms with van der Waals surface area (Å²) in [4.78, 5) is 5.86. The first kappa shape index (κ1) is 12.4. The third kappa shape index (κ3) is 2.42. The summed E-state index contributed by atoms with van der Waals surface area (Å²) in [5, 5.41) is 1.72. The van der Waals surface area contributed by atoms with Crippen molar-refractivity contribution in [1.82, 2.24) is 4.98 Å². The molecule has 0 unspecified atom stereocenters. The molecule has 3 rings (SSSR count). The molecule has 1 nitrogen and oxygen atoms in total. The molecule has 1 aromatic heterocycles. The average molecular weight is 286 g/mol. The highest BCUT2D eigenvalue weighted by Gasteiger charge is 2.12. The molecule has 3 heteroatoms. The Morgan fingerprint density at radius 3 is 2.37 bits per heavy atom. The summed E-state index contributed by atoms with van der Waals surface area (Å²) in [5.41, 5.74) is 3.25. The Hall–Kier alpha value is -1.64. The van der Waals surface area contributed by atoms with E-state index in [0.29, 0.717) is 0 Å². The third-order valence-electron chi connectivity index (χ3n) is 2.94. The zero-order valence-electron chi connectivity index (χ0n) is 10.4. The second-order valence-corrected chi connectivity index (χ2v) is 5.69. The van der Waals surface area contributed by atoms with Crippen molar-refractivity contribution in [1.29, 1.82) is 0 Å². The lowest BCUT2D eigenvalue weighted by Gasteiger charge is -1.98. The Morgan fingerprint density at radius 2 is 1.63 bits per heavy atom. The molecule has 0 radical (unpaired) electrons. The van der Waals surface area contributed by atoms with E-state index in [1.54, 1.807) is 11.3 Å². The number of halogens is 1. The van der Waals surface area contributed by atoms with Gasteiger partial charge in [0.2, 0.25) is 0 Å². The van der Waals surface area contributed by atoms with Gasteiger partial charge < -0.3 is 0 Å². The molecular formula is C16H12ClNS. The van der Waals surface area contributed by atoms with Crippen LogP contribution in [0.4, 0.5) is 0 Å². The van der Waals surface area contributed by atoms with Crippen molar-refractivity contribution in [2.75, 3.05) is 0 Å². The van der Waals surface area contributed by atoms with Gasteiger partial charge in [0.05, 0.1) is 15.6 Å². The summed E-state index contributed by atoms with van der Waals surface area (Å²) in [6.45, 7) is 2.04. The SMILES string of the molecule is Cc1nc(-c2ccccc2Cl)sc1-c1ccccc1. The average Bonchev–Trinajstić information content (AvgIpc) is 2.82. The van der Waals surface area contributed by atoms with Crippen molar-refractivity contribution >= 4 is 22.9 Å². The van der Waals surface area contributed by atoms with Crippen LogP contribution in [0.3, 0.4) is 0 Å². The Labute approximate surface area is 121 Å². The minimum absolute atomic E-state index is 0.746. The van der Waals surface area contributed by atoms with Gasteiger partial charge in [-0.1, -0.05) is 60.1 Å². The molecular weight excluding hydrogens is 274 g/mol. The monoisotopic (exact) mass is 285 g/mol. The molecule has 0 aliphatic rings. The van der Waals surface area contributed by atoms with Crippen LogP contribution in [0, 0.1) is 6.92 Å². The standard InChI is InChI=1S/C16H12ClNS/c1-11-15(12-7-3-2-4-8-12)19-16(18-11)13-9-5-6-10-14(13)17/h2-10H,1H3. The number of rotatable bonds is 2. The molecule has 94 valence electrons. The molecule has 0 aliphatic carbocycles. The number of aryl methyl sites for hydroxylation is 1. The zero-order valence-corrected chi connectivity index (χ0v) is 12.0. The smallest absolute Gasteiger partial charge is 0.125 e. The van der Waals surface area contributed by atoms with Gasteiger partial charge in [0.15, 0.2) is 0 Å². The molecule has 0 aliphatic heterocycles. The predicted molar refractivity (Wildman–Crippen MR) is 82.7 cm³/mol. The molecule has 0 spiro atoms. The van der Waals surface area contributed by atoms with Crippen molar-refractivity contribution in [3.63, 3.8) is 0 Å².